The zero-order valence-corrected chi connectivity index (χ0v) is 22.0. The number of rotatable bonds is 12. The summed E-state index contributed by atoms with van der Waals surface area (Å²) in [5, 5.41) is 2.67. The van der Waals surface area contributed by atoms with Crippen molar-refractivity contribution in [1.29, 1.82) is 0 Å². The lowest BCUT2D eigenvalue weighted by molar-refractivity contribution is -0.131. The lowest BCUT2D eigenvalue weighted by Gasteiger charge is -2.18. The zero-order valence-electron chi connectivity index (χ0n) is 22.0. The van der Waals surface area contributed by atoms with Gasteiger partial charge in [-0.25, -0.2) is 0 Å². The molecule has 3 N–H and O–H groups in total. The summed E-state index contributed by atoms with van der Waals surface area (Å²) in [5.41, 5.74) is 8.58. The van der Waals surface area contributed by atoms with Gasteiger partial charge in [0.2, 0.25) is 5.91 Å². The lowest BCUT2D eigenvalue weighted by Crippen LogP contribution is -2.45. The SMILES string of the molecule is CC(=O)Oc1cccc(C(=O)N[C@H](Cc2ccc(OCc3ccccc3)c(OCc3ccccc3)c2)C(N)=O)c1. The first kappa shape index (κ1) is 27.9. The van der Waals surface area contributed by atoms with Crippen LogP contribution in [0.4, 0.5) is 0 Å². The molecule has 0 saturated heterocycles. The van der Waals surface area contributed by atoms with Crippen LogP contribution < -0.4 is 25.3 Å². The van der Waals surface area contributed by atoms with Crippen LogP contribution in [0.25, 0.3) is 0 Å². The summed E-state index contributed by atoms with van der Waals surface area (Å²) in [6, 6.07) is 30.0. The van der Waals surface area contributed by atoms with Crippen molar-refractivity contribution in [2.75, 3.05) is 0 Å². The Kier molecular flexibility index (Phi) is 9.50. The molecule has 0 radical (unpaired) electrons. The minimum atomic E-state index is -0.997. The minimum Gasteiger partial charge on any atom is -0.485 e. The van der Waals surface area contributed by atoms with E-state index in [2.05, 4.69) is 5.32 Å². The van der Waals surface area contributed by atoms with Crippen LogP contribution in [0, 0.1) is 0 Å². The molecule has 204 valence electrons. The van der Waals surface area contributed by atoms with Crippen molar-refractivity contribution < 1.29 is 28.6 Å². The Morgan fingerprint density at radius 1 is 0.725 bits per heavy atom. The number of hydrogen-bond donors (Lipinski definition) is 2. The lowest BCUT2D eigenvalue weighted by atomic mass is 10.0. The number of hydrogen-bond acceptors (Lipinski definition) is 6. The summed E-state index contributed by atoms with van der Waals surface area (Å²) >= 11 is 0. The zero-order chi connectivity index (χ0) is 28.3. The normalized spacial score (nSPS) is 11.2. The predicted molar refractivity (Wildman–Crippen MR) is 150 cm³/mol. The van der Waals surface area contributed by atoms with Crippen molar-refractivity contribution in [3.05, 3.63) is 125 Å². The van der Waals surface area contributed by atoms with Crippen LogP contribution in [0.5, 0.6) is 17.2 Å². The molecule has 0 fully saturated rings. The van der Waals surface area contributed by atoms with Gasteiger partial charge in [-0.15, -0.1) is 0 Å². The van der Waals surface area contributed by atoms with Crippen LogP contribution in [0.1, 0.15) is 34.0 Å². The second-order valence-corrected chi connectivity index (χ2v) is 9.08. The molecule has 0 aliphatic rings. The van der Waals surface area contributed by atoms with E-state index in [4.69, 9.17) is 19.9 Å². The molecule has 8 nitrogen and oxygen atoms in total. The summed E-state index contributed by atoms with van der Waals surface area (Å²) in [7, 11) is 0. The van der Waals surface area contributed by atoms with Crippen molar-refractivity contribution >= 4 is 17.8 Å². The van der Waals surface area contributed by atoms with Crippen LogP contribution in [0.2, 0.25) is 0 Å². The molecule has 8 heteroatoms. The van der Waals surface area contributed by atoms with Gasteiger partial charge in [-0.3, -0.25) is 14.4 Å². The van der Waals surface area contributed by atoms with Gasteiger partial charge in [0, 0.05) is 18.9 Å². The Balaban J connectivity index is 1.51. The third-order valence-electron chi connectivity index (χ3n) is 5.93. The largest absolute Gasteiger partial charge is 0.485 e. The van der Waals surface area contributed by atoms with Gasteiger partial charge >= 0.3 is 5.97 Å². The second kappa shape index (κ2) is 13.6. The van der Waals surface area contributed by atoms with Crippen molar-refractivity contribution in [2.24, 2.45) is 5.73 Å². The van der Waals surface area contributed by atoms with E-state index < -0.39 is 23.8 Å². The molecule has 4 aromatic carbocycles. The summed E-state index contributed by atoms with van der Waals surface area (Å²) in [4.78, 5) is 36.4. The van der Waals surface area contributed by atoms with Crippen LogP contribution in [0.3, 0.4) is 0 Å². The van der Waals surface area contributed by atoms with E-state index in [1.807, 2.05) is 60.7 Å². The highest BCUT2D eigenvalue weighted by molar-refractivity contribution is 5.97. The number of nitrogens with two attached hydrogens (primary N) is 1. The first-order valence-electron chi connectivity index (χ1n) is 12.7. The molecule has 0 aliphatic carbocycles. The molecule has 0 unspecified atom stereocenters. The molecule has 0 saturated carbocycles. The number of carbonyl (C=O) groups is 3. The first-order valence-corrected chi connectivity index (χ1v) is 12.7. The maximum atomic E-state index is 12.9. The molecule has 1 atom stereocenters. The number of benzene rings is 4. The number of amides is 2. The Morgan fingerprint density at radius 3 is 1.95 bits per heavy atom. The van der Waals surface area contributed by atoms with Gasteiger partial charge < -0.3 is 25.3 Å². The average molecular weight is 539 g/mol. The number of ether oxygens (including phenoxy) is 3. The third kappa shape index (κ3) is 8.19. The molecule has 40 heavy (non-hydrogen) atoms. The van der Waals surface area contributed by atoms with E-state index in [9.17, 15) is 14.4 Å². The van der Waals surface area contributed by atoms with E-state index >= 15 is 0 Å². The van der Waals surface area contributed by atoms with Crippen LogP contribution in [-0.2, 0) is 29.2 Å². The molecule has 4 aromatic rings. The number of esters is 1. The van der Waals surface area contributed by atoms with Crippen molar-refractivity contribution in [1.82, 2.24) is 5.32 Å². The summed E-state index contributed by atoms with van der Waals surface area (Å²) in [6.07, 6.45) is 0.130. The van der Waals surface area contributed by atoms with Gasteiger partial charge in [0.1, 0.15) is 25.0 Å². The third-order valence-corrected chi connectivity index (χ3v) is 5.93. The van der Waals surface area contributed by atoms with Crippen molar-refractivity contribution in [2.45, 2.75) is 32.6 Å². The Morgan fingerprint density at radius 2 is 1.35 bits per heavy atom. The van der Waals surface area contributed by atoms with Gasteiger partial charge in [-0.1, -0.05) is 72.8 Å². The molecule has 0 spiro atoms. The predicted octanol–water partition coefficient (Wildman–Crippen LogP) is 4.60. The van der Waals surface area contributed by atoms with E-state index in [1.54, 1.807) is 36.4 Å². The van der Waals surface area contributed by atoms with E-state index in [0.29, 0.717) is 30.3 Å². The molecule has 0 aromatic heterocycles. The van der Waals surface area contributed by atoms with Crippen LogP contribution >= 0.6 is 0 Å². The molecular weight excluding hydrogens is 508 g/mol. The van der Waals surface area contributed by atoms with Crippen LogP contribution in [-0.4, -0.2) is 23.8 Å². The Hall–Kier alpha value is -5.11. The first-order chi connectivity index (χ1) is 19.4. The molecule has 0 bridgehead atoms. The smallest absolute Gasteiger partial charge is 0.308 e. The fraction of sp³-hybridized carbons (Fsp3) is 0.156. The molecule has 4 rings (SSSR count). The second-order valence-electron chi connectivity index (χ2n) is 9.08. The number of carbonyl (C=O) groups excluding carboxylic acids is 3. The van der Waals surface area contributed by atoms with Gasteiger partial charge in [0.05, 0.1) is 0 Å². The number of nitrogens with one attached hydrogen (secondary N) is 1. The molecular formula is C32H30N2O6. The molecule has 2 amide bonds. The monoisotopic (exact) mass is 538 g/mol. The summed E-state index contributed by atoms with van der Waals surface area (Å²) in [6.45, 7) is 1.95. The standard InChI is InChI=1S/C32H30N2O6/c1-22(35)40-27-14-8-13-26(19-27)32(37)34-28(31(33)36)17-25-15-16-29(38-20-23-9-4-2-5-10-23)30(18-25)39-21-24-11-6-3-7-12-24/h2-16,18-19,28H,17,20-21H2,1H3,(H2,33,36)(H,34,37)/t28-/m1/s1. The van der Waals surface area contributed by atoms with Gasteiger partial charge in [0.25, 0.3) is 5.91 Å². The minimum absolute atomic E-state index is 0.130. The van der Waals surface area contributed by atoms with E-state index in [-0.39, 0.29) is 17.7 Å². The van der Waals surface area contributed by atoms with Crippen molar-refractivity contribution in [3.63, 3.8) is 0 Å². The summed E-state index contributed by atoms with van der Waals surface area (Å²) in [5.74, 6) is -0.454. The fourth-order valence-corrected chi connectivity index (χ4v) is 3.95. The molecule has 0 heterocycles. The average Bonchev–Trinajstić information content (AvgIpc) is 2.96. The van der Waals surface area contributed by atoms with Gasteiger partial charge in [-0.05, 0) is 47.0 Å². The fourth-order valence-electron chi connectivity index (χ4n) is 3.95. The summed E-state index contributed by atoms with van der Waals surface area (Å²) < 4.78 is 17.2. The van der Waals surface area contributed by atoms with Gasteiger partial charge in [-0.2, -0.15) is 0 Å². The topological polar surface area (TPSA) is 117 Å². The maximum absolute atomic E-state index is 12.9. The van der Waals surface area contributed by atoms with Gasteiger partial charge in [0.15, 0.2) is 11.5 Å². The number of primary amides is 1. The van der Waals surface area contributed by atoms with E-state index in [0.717, 1.165) is 11.1 Å². The van der Waals surface area contributed by atoms with Crippen LogP contribution in [0.15, 0.2) is 103 Å². The quantitative estimate of drug-likeness (QED) is 0.201. The van der Waals surface area contributed by atoms with E-state index in [1.165, 1.54) is 13.0 Å². The highest BCUT2D eigenvalue weighted by atomic mass is 16.5. The van der Waals surface area contributed by atoms with Crippen molar-refractivity contribution in [3.8, 4) is 17.2 Å². The molecule has 0 aliphatic heterocycles. The highest BCUT2D eigenvalue weighted by Gasteiger charge is 2.21. The Bertz CT molecular complexity index is 1460. The maximum Gasteiger partial charge on any atom is 0.308 e. The Labute approximate surface area is 232 Å². The highest BCUT2D eigenvalue weighted by Crippen LogP contribution is 2.30.